The van der Waals surface area contributed by atoms with Crippen LogP contribution in [0.4, 0.5) is 8.78 Å². The Kier molecular flexibility index (Phi) is 8.26. The molecule has 0 amide bonds. The molecule has 0 aromatic heterocycles. The van der Waals surface area contributed by atoms with Gasteiger partial charge in [0.15, 0.2) is 57.6 Å². The monoisotopic (exact) mass is 538 g/mol. The molecular weight excluding hydrogens is 510 g/mol. The molecule has 0 aliphatic carbocycles. The summed E-state index contributed by atoms with van der Waals surface area (Å²) in [5.74, 6) is 1.55. The van der Waals surface area contributed by atoms with Crippen LogP contribution in [0.5, 0.6) is 46.0 Å². The Morgan fingerprint density at radius 3 is 0.950 bits per heavy atom. The summed E-state index contributed by atoms with van der Waals surface area (Å²) in [5.41, 5.74) is 1.91. The highest BCUT2D eigenvalue weighted by molar-refractivity contribution is 5.52. The molecular formula is C34H28F2O4. The Morgan fingerprint density at radius 2 is 0.675 bits per heavy atom. The van der Waals surface area contributed by atoms with Gasteiger partial charge in [-0.2, -0.15) is 0 Å². The molecule has 0 saturated carbocycles. The minimum atomic E-state index is -0.465. The molecule has 0 spiro atoms. The normalized spacial score (nSPS) is 10.7. The zero-order valence-electron chi connectivity index (χ0n) is 22.2. The molecule has 0 bridgehead atoms. The standard InChI is InChI=1S/C34H28F2O4/c1-3-23-17-19-25(35)33(21-23)39-31-15-9-7-13-29(31)37-27-11-5-6-12-28(27)38-30-14-8-10-16-32(30)40-34-22-24(4-2)18-20-26(34)36/h5-22H,3-4H2,1-2H3. The first-order valence-corrected chi connectivity index (χ1v) is 13.1. The van der Waals surface area contributed by atoms with Crippen molar-refractivity contribution in [1.82, 2.24) is 0 Å². The van der Waals surface area contributed by atoms with Gasteiger partial charge >= 0.3 is 0 Å². The van der Waals surface area contributed by atoms with Crippen molar-refractivity contribution in [2.75, 3.05) is 0 Å². The van der Waals surface area contributed by atoms with Crippen LogP contribution in [-0.4, -0.2) is 0 Å². The van der Waals surface area contributed by atoms with E-state index in [2.05, 4.69) is 0 Å². The third kappa shape index (κ3) is 6.24. The summed E-state index contributed by atoms with van der Waals surface area (Å²) in [6.07, 6.45) is 1.50. The fourth-order valence-corrected chi connectivity index (χ4v) is 4.02. The van der Waals surface area contributed by atoms with E-state index in [1.54, 1.807) is 84.9 Å². The molecule has 0 radical (unpaired) electrons. The van der Waals surface area contributed by atoms with E-state index >= 15 is 0 Å². The van der Waals surface area contributed by atoms with E-state index in [9.17, 15) is 8.78 Å². The van der Waals surface area contributed by atoms with Crippen molar-refractivity contribution in [3.63, 3.8) is 0 Å². The third-order valence-electron chi connectivity index (χ3n) is 6.23. The second kappa shape index (κ2) is 12.3. The van der Waals surface area contributed by atoms with Crippen LogP contribution in [0.3, 0.4) is 0 Å². The zero-order chi connectivity index (χ0) is 27.9. The number of rotatable bonds is 10. The molecule has 4 nitrogen and oxygen atoms in total. The molecule has 5 aromatic carbocycles. The van der Waals surface area contributed by atoms with Crippen LogP contribution >= 0.6 is 0 Å². The Bertz CT molecular complexity index is 1500. The number of para-hydroxylation sites is 6. The van der Waals surface area contributed by atoms with Crippen molar-refractivity contribution >= 4 is 0 Å². The lowest BCUT2D eigenvalue weighted by Crippen LogP contribution is -1.96. The molecule has 5 aromatic rings. The first-order valence-electron chi connectivity index (χ1n) is 13.1. The van der Waals surface area contributed by atoms with Crippen LogP contribution in [0.2, 0.25) is 0 Å². The van der Waals surface area contributed by atoms with Gasteiger partial charge in [0.2, 0.25) is 0 Å². The highest BCUT2D eigenvalue weighted by Gasteiger charge is 2.16. The smallest absolute Gasteiger partial charge is 0.170 e. The van der Waals surface area contributed by atoms with E-state index in [4.69, 9.17) is 18.9 Å². The van der Waals surface area contributed by atoms with Gasteiger partial charge in [-0.3, -0.25) is 0 Å². The molecule has 0 N–H and O–H groups in total. The second-order valence-corrected chi connectivity index (χ2v) is 8.99. The summed E-state index contributed by atoms with van der Waals surface area (Å²) >= 11 is 0. The van der Waals surface area contributed by atoms with Gasteiger partial charge in [-0.1, -0.05) is 62.4 Å². The molecule has 0 saturated heterocycles. The van der Waals surface area contributed by atoms with Gasteiger partial charge in [0.1, 0.15) is 0 Å². The van der Waals surface area contributed by atoms with Crippen molar-refractivity contribution in [3.8, 4) is 46.0 Å². The molecule has 202 valence electrons. The fraction of sp³-hybridized carbons (Fsp3) is 0.118. The number of hydrogen-bond acceptors (Lipinski definition) is 4. The van der Waals surface area contributed by atoms with E-state index in [0.29, 0.717) is 34.5 Å². The third-order valence-corrected chi connectivity index (χ3v) is 6.23. The summed E-state index contributed by atoms with van der Waals surface area (Å²) in [6, 6.07) is 30.8. The van der Waals surface area contributed by atoms with Crippen molar-refractivity contribution < 1.29 is 27.7 Å². The largest absolute Gasteiger partial charge is 0.450 e. The van der Waals surface area contributed by atoms with Gasteiger partial charge in [0.25, 0.3) is 0 Å². The van der Waals surface area contributed by atoms with Crippen molar-refractivity contribution in [1.29, 1.82) is 0 Å². The van der Waals surface area contributed by atoms with Gasteiger partial charge in [-0.15, -0.1) is 0 Å². The molecule has 0 unspecified atom stereocenters. The van der Waals surface area contributed by atoms with Crippen LogP contribution in [0.15, 0.2) is 109 Å². The predicted molar refractivity (Wildman–Crippen MR) is 151 cm³/mol. The van der Waals surface area contributed by atoms with Crippen LogP contribution in [0.25, 0.3) is 0 Å². The van der Waals surface area contributed by atoms with E-state index in [1.807, 2.05) is 26.0 Å². The first-order chi connectivity index (χ1) is 19.5. The number of halogens is 2. The van der Waals surface area contributed by atoms with Crippen molar-refractivity contribution in [3.05, 3.63) is 132 Å². The number of ether oxygens (including phenoxy) is 4. The van der Waals surface area contributed by atoms with Gasteiger partial charge in [-0.25, -0.2) is 8.78 Å². The lowest BCUT2D eigenvalue weighted by atomic mass is 10.1. The Balaban J connectivity index is 1.41. The number of aryl methyl sites for hydroxylation is 2. The summed E-state index contributed by atoms with van der Waals surface area (Å²) in [5, 5.41) is 0. The number of benzene rings is 5. The average Bonchev–Trinajstić information content (AvgIpc) is 2.98. The Morgan fingerprint density at radius 1 is 0.400 bits per heavy atom. The van der Waals surface area contributed by atoms with Gasteiger partial charge < -0.3 is 18.9 Å². The Labute approximate surface area is 232 Å². The van der Waals surface area contributed by atoms with Crippen molar-refractivity contribution in [2.45, 2.75) is 26.7 Å². The van der Waals surface area contributed by atoms with Gasteiger partial charge in [0, 0.05) is 0 Å². The topological polar surface area (TPSA) is 36.9 Å². The SMILES string of the molecule is CCc1ccc(F)c(Oc2ccccc2Oc2ccccc2Oc2ccccc2Oc2cc(CC)ccc2F)c1. The van der Waals surface area contributed by atoms with Crippen LogP contribution in [0, 0.1) is 11.6 Å². The van der Waals surface area contributed by atoms with Gasteiger partial charge in [0.05, 0.1) is 0 Å². The lowest BCUT2D eigenvalue weighted by molar-refractivity contribution is 0.373. The van der Waals surface area contributed by atoms with Crippen LogP contribution < -0.4 is 18.9 Å². The quantitative estimate of drug-likeness (QED) is 0.177. The highest BCUT2D eigenvalue weighted by Crippen LogP contribution is 2.42. The maximum Gasteiger partial charge on any atom is 0.170 e. The summed E-state index contributed by atoms with van der Waals surface area (Å²) in [7, 11) is 0. The molecule has 0 aliphatic heterocycles. The fourth-order valence-electron chi connectivity index (χ4n) is 4.02. The van der Waals surface area contributed by atoms with E-state index < -0.39 is 11.6 Å². The van der Waals surface area contributed by atoms with Crippen molar-refractivity contribution in [2.24, 2.45) is 0 Å². The predicted octanol–water partition coefficient (Wildman–Crippen LogP) is 10.3. The molecule has 0 atom stereocenters. The first kappa shape index (κ1) is 26.8. The van der Waals surface area contributed by atoms with E-state index in [0.717, 1.165) is 24.0 Å². The summed E-state index contributed by atoms with van der Waals surface area (Å²) < 4.78 is 53.3. The lowest BCUT2D eigenvalue weighted by Gasteiger charge is -2.17. The van der Waals surface area contributed by atoms with E-state index in [-0.39, 0.29) is 11.5 Å². The highest BCUT2D eigenvalue weighted by atomic mass is 19.1. The summed E-state index contributed by atoms with van der Waals surface area (Å²) in [6.45, 7) is 3.99. The Hall–Kier alpha value is -4.84. The van der Waals surface area contributed by atoms with Gasteiger partial charge in [-0.05, 0) is 84.6 Å². The molecule has 0 heterocycles. The minimum absolute atomic E-state index is 0.116. The second-order valence-electron chi connectivity index (χ2n) is 8.99. The van der Waals surface area contributed by atoms with E-state index in [1.165, 1.54) is 12.1 Å². The molecule has 40 heavy (non-hydrogen) atoms. The maximum absolute atomic E-state index is 14.5. The molecule has 0 fully saturated rings. The average molecular weight is 539 g/mol. The molecule has 5 rings (SSSR count). The molecule has 6 heteroatoms. The molecule has 0 aliphatic rings. The maximum atomic E-state index is 14.5. The van der Waals surface area contributed by atoms with Crippen LogP contribution in [0.1, 0.15) is 25.0 Å². The minimum Gasteiger partial charge on any atom is -0.450 e. The zero-order valence-corrected chi connectivity index (χ0v) is 22.2. The number of hydrogen-bond donors (Lipinski definition) is 0. The summed E-state index contributed by atoms with van der Waals surface area (Å²) in [4.78, 5) is 0. The van der Waals surface area contributed by atoms with Crippen LogP contribution in [-0.2, 0) is 12.8 Å².